The van der Waals surface area contributed by atoms with Gasteiger partial charge in [0.15, 0.2) is 0 Å². The molecule has 1 atom stereocenters. The molecular formula is C18H24N2O5S. The van der Waals surface area contributed by atoms with Gasteiger partial charge in [-0.05, 0) is 44.4 Å². The minimum atomic E-state index is -1.14. The Morgan fingerprint density at radius 2 is 2.08 bits per heavy atom. The average molecular weight is 380 g/mol. The number of hydrogen-bond acceptors (Lipinski definition) is 5. The summed E-state index contributed by atoms with van der Waals surface area (Å²) in [5.41, 5.74) is 1.72. The van der Waals surface area contributed by atoms with E-state index in [0.717, 1.165) is 11.1 Å². The van der Waals surface area contributed by atoms with Crippen molar-refractivity contribution in [3.63, 3.8) is 0 Å². The second-order valence-electron chi connectivity index (χ2n) is 7.24. The van der Waals surface area contributed by atoms with Crippen molar-refractivity contribution in [2.24, 2.45) is 0 Å². The summed E-state index contributed by atoms with van der Waals surface area (Å²) in [6.45, 7) is 6.36. The van der Waals surface area contributed by atoms with Crippen molar-refractivity contribution in [3.8, 4) is 0 Å². The van der Waals surface area contributed by atoms with Crippen LogP contribution in [0.2, 0.25) is 0 Å². The predicted octanol–water partition coefficient (Wildman–Crippen LogP) is 3.50. The molecule has 0 fully saturated rings. The summed E-state index contributed by atoms with van der Waals surface area (Å²) in [6.07, 6.45) is 3.86. The summed E-state index contributed by atoms with van der Waals surface area (Å²) in [6, 6.07) is 4.57. The molecule has 1 aliphatic heterocycles. The van der Waals surface area contributed by atoms with E-state index in [0.29, 0.717) is 25.1 Å². The highest BCUT2D eigenvalue weighted by molar-refractivity contribution is 7.89. The standard InChI is InChI=1S/C18H24N2O5S/c1-18(2,3)25-17(21)19-9-5-6-13(11-19)16-8-7-15(20(22)23)10-14(16)12-26(4)24/h6-8,10H,5,9,11-12H2,1-4H3/t26-/m1/s1. The number of carbonyl (C=O) groups excluding carboxylic acids is 1. The molecule has 0 aromatic heterocycles. The Balaban J connectivity index is 2.28. The normalized spacial score (nSPS) is 16.0. The fourth-order valence-corrected chi connectivity index (χ4v) is 3.44. The van der Waals surface area contributed by atoms with Crippen molar-refractivity contribution in [2.75, 3.05) is 19.3 Å². The van der Waals surface area contributed by atoms with Crippen molar-refractivity contribution in [1.82, 2.24) is 4.90 Å². The smallest absolute Gasteiger partial charge is 0.410 e. The zero-order valence-corrected chi connectivity index (χ0v) is 16.3. The molecular weight excluding hydrogens is 356 g/mol. The minimum absolute atomic E-state index is 0.0328. The van der Waals surface area contributed by atoms with E-state index < -0.39 is 21.7 Å². The first-order chi connectivity index (χ1) is 12.1. The van der Waals surface area contributed by atoms with Gasteiger partial charge in [0.2, 0.25) is 0 Å². The van der Waals surface area contributed by atoms with E-state index in [4.69, 9.17) is 4.74 Å². The highest BCUT2D eigenvalue weighted by Gasteiger charge is 2.26. The minimum Gasteiger partial charge on any atom is -0.616 e. The third-order valence-corrected chi connectivity index (χ3v) is 4.52. The Morgan fingerprint density at radius 1 is 1.38 bits per heavy atom. The molecule has 1 aliphatic rings. The molecule has 0 N–H and O–H groups in total. The first-order valence-electron chi connectivity index (χ1n) is 8.31. The number of non-ortho nitro benzene ring substituents is 1. The third kappa shape index (κ3) is 5.47. The number of hydrogen-bond donors (Lipinski definition) is 0. The largest absolute Gasteiger partial charge is 0.616 e. The zero-order valence-electron chi connectivity index (χ0n) is 15.5. The van der Waals surface area contributed by atoms with Crippen LogP contribution in [0.4, 0.5) is 10.5 Å². The molecule has 8 heteroatoms. The van der Waals surface area contributed by atoms with E-state index >= 15 is 0 Å². The molecule has 0 saturated carbocycles. The van der Waals surface area contributed by atoms with Gasteiger partial charge in [-0.1, -0.05) is 17.3 Å². The predicted molar refractivity (Wildman–Crippen MR) is 101 cm³/mol. The fraction of sp³-hybridized carbons (Fsp3) is 0.500. The van der Waals surface area contributed by atoms with Gasteiger partial charge >= 0.3 is 6.09 Å². The van der Waals surface area contributed by atoms with Crippen LogP contribution >= 0.6 is 0 Å². The number of amides is 1. The van der Waals surface area contributed by atoms with Crippen LogP contribution in [0.15, 0.2) is 24.3 Å². The van der Waals surface area contributed by atoms with Gasteiger partial charge in [-0.25, -0.2) is 4.79 Å². The van der Waals surface area contributed by atoms with Crippen molar-refractivity contribution in [1.29, 1.82) is 0 Å². The van der Waals surface area contributed by atoms with Gasteiger partial charge in [-0.2, -0.15) is 0 Å². The molecule has 0 radical (unpaired) electrons. The molecule has 1 aromatic carbocycles. The Hall–Kier alpha value is -2.06. The molecule has 0 spiro atoms. The van der Waals surface area contributed by atoms with Gasteiger partial charge in [-0.3, -0.25) is 10.1 Å². The molecule has 26 heavy (non-hydrogen) atoms. The maximum atomic E-state index is 12.3. The highest BCUT2D eigenvalue weighted by Crippen LogP contribution is 2.29. The lowest BCUT2D eigenvalue weighted by Crippen LogP contribution is -2.39. The first-order valence-corrected chi connectivity index (χ1v) is 10.0. The molecule has 0 saturated heterocycles. The molecule has 0 bridgehead atoms. The first kappa shape index (κ1) is 20.3. The highest BCUT2D eigenvalue weighted by atomic mass is 32.2. The second-order valence-corrected chi connectivity index (χ2v) is 8.67. The van der Waals surface area contributed by atoms with E-state index in [-0.39, 0.29) is 17.5 Å². The topological polar surface area (TPSA) is 95.7 Å². The van der Waals surface area contributed by atoms with Crippen LogP contribution in [0.1, 0.15) is 38.3 Å². The Labute approximate surface area is 156 Å². The van der Waals surface area contributed by atoms with Crippen LogP contribution in [0, 0.1) is 10.1 Å². The lowest BCUT2D eigenvalue weighted by atomic mass is 9.96. The van der Waals surface area contributed by atoms with Crippen molar-refractivity contribution in [3.05, 3.63) is 45.5 Å². The number of ether oxygens (including phenoxy) is 1. The summed E-state index contributed by atoms with van der Waals surface area (Å²) in [7, 11) is 0. The molecule has 142 valence electrons. The van der Waals surface area contributed by atoms with E-state index in [9.17, 15) is 19.5 Å². The van der Waals surface area contributed by atoms with Crippen LogP contribution < -0.4 is 0 Å². The summed E-state index contributed by atoms with van der Waals surface area (Å²) in [5.74, 6) is 0.223. The molecule has 1 heterocycles. The lowest BCUT2D eigenvalue weighted by Gasteiger charge is -2.30. The van der Waals surface area contributed by atoms with E-state index in [1.807, 2.05) is 26.8 Å². The average Bonchev–Trinajstić information content (AvgIpc) is 2.52. The van der Waals surface area contributed by atoms with Crippen LogP contribution in [-0.2, 0) is 21.7 Å². The van der Waals surface area contributed by atoms with Gasteiger partial charge in [0, 0.05) is 30.8 Å². The Bertz CT molecular complexity index is 725. The lowest BCUT2D eigenvalue weighted by molar-refractivity contribution is -0.384. The molecule has 0 unspecified atom stereocenters. The summed E-state index contributed by atoms with van der Waals surface area (Å²) >= 11 is -1.14. The number of benzene rings is 1. The van der Waals surface area contributed by atoms with Crippen molar-refractivity contribution in [2.45, 2.75) is 38.5 Å². The quantitative estimate of drug-likeness (QED) is 0.452. The summed E-state index contributed by atoms with van der Waals surface area (Å²) in [5, 5.41) is 11.0. The molecule has 1 aromatic rings. The Kier molecular flexibility index (Phi) is 6.30. The summed E-state index contributed by atoms with van der Waals surface area (Å²) in [4.78, 5) is 24.5. The van der Waals surface area contributed by atoms with E-state index in [1.54, 1.807) is 17.2 Å². The zero-order chi connectivity index (χ0) is 19.5. The number of rotatable bonds is 4. The number of nitro groups is 1. The van der Waals surface area contributed by atoms with Crippen molar-refractivity contribution < 1.29 is 19.0 Å². The number of nitro benzene ring substituents is 1. The van der Waals surface area contributed by atoms with Crippen LogP contribution in [-0.4, -0.2) is 45.4 Å². The van der Waals surface area contributed by atoms with Gasteiger partial charge in [0.25, 0.3) is 5.69 Å². The third-order valence-electron chi connectivity index (χ3n) is 3.81. The fourth-order valence-electron chi connectivity index (χ4n) is 2.77. The van der Waals surface area contributed by atoms with Crippen LogP contribution in [0.5, 0.6) is 0 Å². The number of carbonyl (C=O) groups is 1. The SMILES string of the molecule is C[S@@+]([O-])Cc1cc([N+](=O)[O-])ccc1C1=CCCN(C(=O)OC(C)(C)C)C1. The van der Waals surface area contributed by atoms with Gasteiger partial charge in [-0.15, -0.1) is 0 Å². The number of nitrogens with zero attached hydrogens (tertiary/aromatic N) is 2. The monoisotopic (exact) mass is 380 g/mol. The molecule has 7 nitrogen and oxygen atoms in total. The molecule has 0 aliphatic carbocycles. The second kappa shape index (κ2) is 8.09. The van der Waals surface area contributed by atoms with Crippen molar-refractivity contribution >= 4 is 28.5 Å². The van der Waals surface area contributed by atoms with Gasteiger partial charge in [0.1, 0.15) is 11.4 Å². The maximum absolute atomic E-state index is 12.3. The molecule has 1 amide bonds. The van der Waals surface area contributed by atoms with E-state index in [1.165, 1.54) is 12.1 Å². The summed E-state index contributed by atoms with van der Waals surface area (Å²) < 4.78 is 17.1. The molecule has 2 rings (SSSR count). The van der Waals surface area contributed by atoms with Gasteiger partial charge in [0.05, 0.1) is 11.2 Å². The van der Waals surface area contributed by atoms with Gasteiger partial charge < -0.3 is 14.2 Å². The maximum Gasteiger partial charge on any atom is 0.410 e. The Morgan fingerprint density at radius 3 is 2.65 bits per heavy atom. The van der Waals surface area contributed by atoms with E-state index in [2.05, 4.69) is 0 Å². The van der Waals surface area contributed by atoms with Crippen LogP contribution in [0.3, 0.4) is 0 Å². The van der Waals surface area contributed by atoms with Crippen LogP contribution in [0.25, 0.3) is 5.57 Å².